The molecule has 1 aromatic rings. The average Bonchev–Trinajstić information content (AvgIpc) is 3.09. The predicted molar refractivity (Wildman–Crippen MR) is 58.1 cm³/mol. The largest absolute Gasteiger partial charge is 1.00 e. The van der Waals surface area contributed by atoms with Crippen molar-refractivity contribution in [3.05, 3.63) is 35.4 Å². The van der Waals surface area contributed by atoms with Crippen LogP contribution in [0.1, 0.15) is 24.0 Å². The summed E-state index contributed by atoms with van der Waals surface area (Å²) in [5.41, 5.74) is -1.37. The van der Waals surface area contributed by atoms with Gasteiger partial charge in [-0.2, -0.15) is 13.2 Å². The van der Waals surface area contributed by atoms with Crippen LogP contribution in [-0.4, -0.2) is 18.2 Å². The maximum Gasteiger partial charge on any atom is 1.00 e. The summed E-state index contributed by atoms with van der Waals surface area (Å²) in [4.78, 5) is 10.7. The zero-order chi connectivity index (χ0) is 14.1. The molecule has 0 spiro atoms. The number of halogens is 3. The Morgan fingerprint density at radius 2 is 2.05 bits per heavy atom. The Kier molecular flexibility index (Phi) is 5.66. The van der Waals surface area contributed by atoms with Gasteiger partial charge < -0.3 is 14.6 Å². The van der Waals surface area contributed by atoms with Crippen molar-refractivity contribution in [1.29, 1.82) is 0 Å². The summed E-state index contributed by atoms with van der Waals surface area (Å²) >= 11 is 0. The molecule has 0 amide bonds. The van der Waals surface area contributed by atoms with Gasteiger partial charge >= 0.3 is 35.7 Å². The van der Waals surface area contributed by atoms with Crippen molar-refractivity contribution in [3.63, 3.8) is 0 Å². The molecule has 20 heavy (non-hydrogen) atoms. The topological polar surface area (TPSA) is 52.7 Å². The molecule has 3 nitrogen and oxygen atoms in total. The van der Waals surface area contributed by atoms with Gasteiger partial charge in [-0.05, 0) is 30.9 Å². The summed E-state index contributed by atoms with van der Waals surface area (Å²) in [5, 5.41) is 10.7. The van der Waals surface area contributed by atoms with Crippen molar-refractivity contribution >= 4 is 5.97 Å². The number of carbonyl (C=O) groups excluding carboxylic acids is 1. The van der Waals surface area contributed by atoms with E-state index in [2.05, 4.69) is 0 Å². The fraction of sp³-hybridized carbons (Fsp3) is 0.462. The molecule has 1 atom stereocenters. The Bertz CT molecular complexity index is 484. The number of ether oxygens (including phenoxy) is 1. The van der Waals surface area contributed by atoms with Crippen LogP contribution < -0.4 is 34.7 Å². The quantitative estimate of drug-likeness (QED) is 0.493. The van der Waals surface area contributed by atoms with Crippen LogP contribution in [0.4, 0.5) is 13.2 Å². The van der Waals surface area contributed by atoms with Crippen LogP contribution in [0.5, 0.6) is 0 Å². The average molecular weight is 296 g/mol. The van der Waals surface area contributed by atoms with Crippen LogP contribution in [0.15, 0.2) is 24.3 Å². The third kappa shape index (κ3) is 4.22. The first-order valence-electron chi connectivity index (χ1n) is 5.85. The van der Waals surface area contributed by atoms with Crippen LogP contribution in [0, 0.1) is 0 Å². The molecule has 0 radical (unpaired) electrons. The fourth-order valence-corrected chi connectivity index (χ4v) is 1.93. The predicted octanol–water partition coefficient (Wildman–Crippen LogP) is -1.45. The van der Waals surface area contributed by atoms with E-state index in [1.54, 1.807) is 6.07 Å². The summed E-state index contributed by atoms with van der Waals surface area (Å²) in [5.74, 6) is -1.25. The van der Waals surface area contributed by atoms with E-state index in [1.165, 1.54) is 6.07 Å². The summed E-state index contributed by atoms with van der Waals surface area (Å²) in [6.07, 6.45) is -3.29. The fourth-order valence-electron chi connectivity index (χ4n) is 1.93. The van der Waals surface area contributed by atoms with E-state index in [9.17, 15) is 23.1 Å². The van der Waals surface area contributed by atoms with E-state index in [-0.39, 0.29) is 42.6 Å². The molecule has 1 aliphatic rings. The van der Waals surface area contributed by atoms with Gasteiger partial charge in [-0.25, -0.2) is 0 Å². The summed E-state index contributed by atoms with van der Waals surface area (Å²) in [7, 11) is 0. The van der Waals surface area contributed by atoms with Crippen molar-refractivity contribution in [2.45, 2.75) is 31.0 Å². The number of alkyl halides is 3. The normalized spacial score (nSPS) is 21.1. The molecular weight excluding hydrogens is 284 g/mol. The zero-order valence-corrected chi connectivity index (χ0v) is 13.0. The number of epoxide rings is 1. The molecule has 104 valence electrons. The van der Waals surface area contributed by atoms with Crippen LogP contribution in [0.3, 0.4) is 0 Å². The Morgan fingerprint density at radius 1 is 1.40 bits per heavy atom. The number of rotatable bonds is 5. The van der Waals surface area contributed by atoms with Crippen LogP contribution in [-0.2, 0) is 22.1 Å². The Balaban J connectivity index is 0.00000200. The zero-order valence-electron chi connectivity index (χ0n) is 11.0. The molecule has 1 fully saturated rings. The van der Waals surface area contributed by atoms with Crippen molar-refractivity contribution in [1.82, 2.24) is 0 Å². The van der Waals surface area contributed by atoms with Crippen LogP contribution >= 0.6 is 0 Å². The standard InChI is InChI=1S/C13H13F3O3.Na/c14-13(15,16)10-5-1-3-9(7-10)4-2-6-12(8-19-12)11(17)18;/h1,3,5,7H,2,4,6,8H2,(H,17,18);/q;+1/p-1. The molecule has 0 N–H and O–H groups in total. The van der Waals surface area contributed by atoms with Crippen molar-refractivity contribution in [2.24, 2.45) is 0 Å². The third-order valence-corrected chi connectivity index (χ3v) is 3.17. The second-order valence-electron chi connectivity index (χ2n) is 4.62. The van der Waals surface area contributed by atoms with E-state index in [0.29, 0.717) is 18.4 Å². The Morgan fingerprint density at radius 3 is 2.55 bits per heavy atom. The van der Waals surface area contributed by atoms with Crippen molar-refractivity contribution in [2.75, 3.05) is 6.61 Å². The number of carbonyl (C=O) groups is 1. The molecule has 0 saturated carbocycles. The van der Waals surface area contributed by atoms with Gasteiger partial charge in [0.25, 0.3) is 0 Å². The SMILES string of the molecule is O=C([O-])C1(CCCc2cccc(C(F)(F)F)c2)CO1.[Na+]. The molecular formula is C13H12F3NaO3. The summed E-state index contributed by atoms with van der Waals surface area (Å²) in [6, 6.07) is 5.03. The van der Waals surface area contributed by atoms with Gasteiger partial charge in [0.05, 0.1) is 18.1 Å². The molecule has 1 saturated heterocycles. The number of carboxylic acid groups (broad SMARTS) is 1. The number of aliphatic carboxylic acids is 1. The van der Waals surface area contributed by atoms with Gasteiger partial charge in [0.15, 0.2) is 0 Å². The first-order valence-corrected chi connectivity index (χ1v) is 5.85. The Hall–Kier alpha value is -0.560. The minimum absolute atomic E-state index is 0. The molecule has 0 aliphatic carbocycles. The molecule has 1 aromatic carbocycles. The second kappa shape index (κ2) is 6.47. The van der Waals surface area contributed by atoms with E-state index in [1.807, 2.05) is 0 Å². The smallest absolute Gasteiger partial charge is 0.547 e. The molecule has 0 bridgehead atoms. The third-order valence-electron chi connectivity index (χ3n) is 3.17. The monoisotopic (exact) mass is 296 g/mol. The van der Waals surface area contributed by atoms with Crippen LogP contribution in [0.25, 0.3) is 0 Å². The number of carboxylic acids is 1. The number of hydrogen-bond donors (Lipinski definition) is 0. The minimum Gasteiger partial charge on any atom is -0.547 e. The number of aryl methyl sites for hydroxylation is 1. The van der Waals surface area contributed by atoms with Crippen molar-refractivity contribution in [3.8, 4) is 0 Å². The van der Waals surface area contributed by atoms with Crippen molar-refractivity contribution < 1.29 is 57.4 Å². The first kappa shape index (κ1) is 17.5. The molecule has 1 aliphatic heterocycles. The number of hydrogen-bond acceptors (Lipinski definition) is 3. The van der Waals surface area contributed by atoms with Gasteiger partial charge in [0, 0.05) is 0 Å². The van der Waals surface area contributed by atoms with Gasteiger partial charge in [-0.1, -0.05) is 18.2 Å². The first-order chi connectivity index (χ1) is 8.83. The van der Waals surface area contributed by atoms with Gasteiger partial charge in [-0.3, -0.25) is 0 Å². The number of benzene rings is 1. The second-order valence-corrected chi connectivity index (χ2v) is 4.62. The molecule has 2 rings (SSSR count). The van der Waals surface area contributed by atoms with E-state index < -0.39 is 23.3 Å². The van der Waals surface area contributed by atoms with E-state index in [0.717, 1.165) is 12.1 Å². The van der Waals surface area contributed by atoms with Gasteiger partial charge in [0.1, 0.15) is 5.60 Å². The summed E-state index contributed by atoms with van der Waals surface area (Å²) in [6.45, 7) is 0.123. The molecule has 1 unspecified atom stereocenters. The molecule has 1 heterocycles. The summed E-state index contributed by atoms with van der Waals surface area (Å²) < 4.78 is 42.3. The molecule has 0 aromatic heterocycles. The minimum atomic E-state index is -4.36. The van der Waals surface area contributed by atoms with E-state index in [4.69, 9.17) is 4.74 Å². The van der Waals surface area contributed by atoms with Gasteiger partial charge in [-0.15, -0.1) is 0 Å². The maximum absolute atomic E-state index is 12.5. The maximum atomic E-state index is 12.5. The van der Waals surface area contributed by atoms with Gasteiger partial charge in [0.2, 0.25) is 0 Å². The molecule has 7 heteroatoms. The van der Waals surface area contributed by atoms with Crippen LogP contribution in [0.2, 0.25) is 0 Å². The van der Waals surface area contributed by atoms with E-state index >= 15 is 0 Å². The Labute approximate surface area is 136 Å².